The van der Waals surface area contributed by atoms with Gasteiger partial charge in [0.15, 0.2) is 5.78 Å². The van der Waals surface area contributed by atoms with Crippen LogP contribution in [0.4, 0.5) is 11.4 Å². The zero-order valence-electron chi connectivity index (χ0n) is 22.2. The minimum Gasteiger partial charge on any atom is -0.496 e. The lowest BCUT2D eigenvalue weighted by molar-refractivity contribution is -0.384. The van der Waals surface area contributed by atoms with E-state index in [9.17, 15) is 20.2 Å². The van der Waals surface area contributed by atoms with Gasteiger partial charge in [-0.3, -0.25) is 19.8 Å². The Balaban J connectivity index is 1.61. The first-order valence-corrected chi connectivity index (χ1v) is 15.2. The number of nitrogens with two attached hydrogens (primary N) is 1. The van der Waals surface area contributed by atoms with E-state index in [4.69, 9.17) is 15.2 Å². The number of nitrogens with zero attached hydrogens (tertiary/aromatic N) is 3. The third kappa shape index (κ3) is 5.56. The highest BCUT2D eigenvalue weighted by Gasteiger charge is 2.40. The van der Waals surface area contributed by atoms with Gasteiger partial charge in [0.05, 0.1) is 44.2 Å². The number of carbonyl (C=O) groups is 1. The molecule has 1 unspecified atom stereocenters. The van der Waals surface area contributed by atoms with Gasteiger partial charge in [0.2, 0.25) is 0 Å². The van der Waals surface area contributed by atoms with Crippen molar-refractivity contribution in [3.05, 3.63) is 112 Å². The molecule has 9 nitrogen and oxygen atoms in total. The Morgan fingerprint density at radius 3 is 2.52 bits per heavy atom. The van der Waals surface area contributed by atoms with E-state index in [-0.39, 0.29) is 29.5 Å². The molecule has 5 rings (SSSR count). The summed E-state index contributed by atoms with van der Waals surface area (Å²) in [5, 5.41) is 21.9. The SMILES string of the molecule is COc1ccc(C2C(C#N)=C(N)N(c3cccc([N+](=O)[O-])c3)C3=C2C(=O)CCC3)cc1COc1c(Br)cc(Br)cc1Br. The second-order valence-electron chi connectivity index (χ2n) is 9.65. The number of hydrogen-bond acceptors (Lipinski definition) is 8. The smallest absolute Gasteiger partial charge is 0.271 e. The first-order chi connectivity index (χ1) is 20.1. The second-order valence-corrected chi connectivity index (χ2v) is 12.3. The lowest BCUT2D eigenvalue weighted by atomic mass is 9.75. The van der Waals surface area contributed by atoms with Crippen molar-refractivity contribution in [3.8, 4) is 17.6 Å². The Morgan fingerprint density at radius 2 is 1.86 bits per heavy atom. The number of anilines is 1. The summed E-state index contributed by atoms with van der Waals surface area (Å²) in [6, 6.07) is 17.5. The van der Waals surface area contributed by atoms with E-state index in [1.807, 2.05) is 24.3 Å². The number of methoxy groups -OCH3 is 1. The number of nitro benzene ring substituents is 1. The topological polar surface area (TPSA) is 132 Å². The first kappa shape index (κ1) is 29.8. The van der Waals surface area contributed by atoms with Crippen LogP contribution in [0.1, 0.15) is 36.3 Å². The van der Waals surface area contributed by atoms with E-state index in [2.05, 4.69) is 53.9 Å². The highest BCUT2D eigenvalue weighted by molar-refractivity contribution is 9.11. The molecule has 42 heavy (non-hydrogen) atoms. The number of non-ortho nitro benzene ring substituents is 1. The second kappa shape index (κ2) is 12.3. The number of nitriles is 1. The number of hydrogen-bond donors (Lipinski definition) is 1. The molecule has 0 aromatic heterocycles. The van der Waals surface area contributed by atoms with Gasteiger partial charge in [-0.15, -0.1) is 0 Å². The molecule has 1 aliphatic carbocycles. The fourth-order valence-electron chi connectivity index (χ4n) is 5.37. The number of ether oxygens (including phenoxy) is 2. The van der Waals surface area contributed by atoms with Crippen molar-refractivity contribution in [2.75, 3.05) is 12.0 Å². The maximum Gasteiger partial charge on any atom is 0.271 e. The molecule has 214 valence electrons. The first-order valence-electron chi connectivity index (χ1n) is 12.8. The number of Topliss-reactive ketones (excluding diaryl/α,β-unsaturated/α-hetero) is 1. The molecule has 3 aromatic rings. The standard InChI is InChI=1S/C30H23Br3N4O5/c1-41-26-9-8-16(10-17(26)15-42-29-22(32)11-18(31)12-23(29)33)27-21(14-34)30(35)36(24-6-3-7-25(38)28(24)27)19-4-2-5-20(13-19)37(39)40/h2,4-5,8-13,27H,3,6-7,15,35H2,1H3. The van der Waals surface area contributed by atoms with Crippen LogP contribution >= 0.6 is 47.8 Å². The van der Waals surface area contributed by atoms with E-state index in [0.29, 0.717) is 58.8 Å². The fraction of sp³-hybridized carbons (Fsp3) is 0.200. The van der Waals surface area contributed by atoms with Crippen LogP contribution in [0.5, 0.6) is 11.5 Å². The normalized spacial score (nSPS) is 16.7. The molecule has 2 N–H and O–H groups in total. The van der Waals surface area contributed by atoms with E-state index >= 15 is 0 Å². The van der Waals surface area contributed by atoms with Crippen molar-refractivity contribution in [2.24, 2.45) is 5.73 Å². The van der Waals surface area contributed by atoms with Crippen LogP contribution in [0.2, 0.25) is 0 Å². The highest BCUT2D eigenvalue weighted by atomic mass is 79.9. The van der Waals surface area contributed by atoms with Gasteiger partial charge in [-0.1, -0.05) is 28.1 Å². The summed E-state index contributed by atoms with van der Waals surface area (Å²) in [5.41, 5.74) is 9.64. The van der Waals surface area contributed by atoms with E-state index in [1.165, 1.54) is 12.1 Å². The molecule has 0 bridgehead atoms. The van der Waals surface area contributed by atoms with Crippen LogP contribution in [0.3, 0.4) is 0 Å². The molecule has 2 aliphatic rings. The predicted molar refractivity (Wildman–Crippen MR) is 168 cm³/mol. The molecule has 0 amide bonds. The lowest BCUT2D eigenvalue weighted by Gasteiger charge is -2.39. The Labute approximate surface area is 267 Å². The van der Waals surface area contributed by atoms with Gasteiger partial charge in [-0.05, 0) is 80.6 Å². The molecular formula is C30H23Br3N4O5. The molecule has 0 radical (unpaired) electrons. The van der Waals surface area contributed by atoms with Crippen LogP contribution in [-0.2, 0) is 11.4 Å². The minimum atomic E-state index is -0.719. The van der Waals surface area contributed by atoms with E-state index < -0.39 is 10.8 Å². The van der Waals surface area contributed by atoms with Gasteiger partial charge in [0, 0.05) is 39.9 Å². The fourth-order valence-corrected chi connectivity index (χ4v) is 7.86. The van der Waals surface area contributed by atoms with Crippen molar-refractivity contribution in [3.63, 3.8) is 0 Å². The Morgan fingerprint density at radius 1 is 1.12 bits per heavy atom. The summed E-state index contributed by atoms with van der Waals surface area (Å²) in [5.74, 6) is 0.506. The summed E-state index contributed by atoms with van der Waals surface area (Å²) in [6.45, 7) is 0.142. The molecule has 0 saturated carbocycles. The van der Waals surface area contributed by atoms with Gasteiger partial charge in [-0.2, -0.15) is 5.26 Å². The lowest BCUT2D eigenvalue weighted by Crippen LogP contribution is -2.38. The third-order valence-corrected chi connectivity index (χ3v) is 8.82. The monoisotopic (exact) mass is 756 g/mol. The molecule has 0 saturated heterocycles. The molecule has 12 heteroatoms. The zero-order valence-corrected chi connectivity index (χ0v) is 27.0. The van der Waals surface area contributed by atoms with Gasteiger partial charge < -0.3 is 15.2 Å². The molecule has 3 aromatic carbocycles. The van der Waals surface area contributed by atoms with Crippen LogP contribution in [0, 0.1) is 21.4 Å². The van der Waals surface area contributed by atoms with Crippen LogP contribution in [0.25, 0.3) is 0 Å². The van der Waals surface area contributed by atoms with Crippen molar-refractivity contribution < 1.29 is 19.2 Å². The summed E-state index contributed by atoms with van der Waals surface area (Å²) in [4.78, 5) is 26.1. The summed E-state index contributed by atoms with van der Waals surface area (Å²) in [6.07, 6.45) is 1.45. The van der Waals surface area contributed by atoms with Crippen molar-refractivity contribution in [2.45, 2.75) is 31.8 Å². The predicted octanol–water partition coefficient (Wildman–Crippen LogP) is 7.77. The molecule has 1 aliphatic heterocycles. The molecule has 1 atom stereocenters. The maximum absolute atomic E-state index is 13.5. The average molecular weight is 759 g/mol. The van der Waals surface area contributed by atoms with Crippen LogP contribution < -0.4 is 20.1 Å². The average Bonchev–Trinajstić information content (AvgIpc) is 2.96. The summed E-state index contributed by atoms with van der Waals surface area (Å²) >= 11 is 10.5. The minimum absolute atomic E-state index is 0.0896. The van der Waals surface area contributed by atoms with Gasteiger partial charge in [-0.25, -0.2) is 0 Å². The maximum atomic E-state index is 13.5. The zero-order chi connectivity index (χ0) is 30.1. The summed E-state index contributed by atoms with van der Waals surface area (Å²) in [7, 11) is 1.56. The van der Waals surface area contributed by atoms with Gasteiger partial charge in [0.1, 0.15) is 23.9 Å². The Hall–Kier alpha value is -3.66. The van der Waals surface area contributed by atoms with Gasteiger partial charge in [0.25, 0.3) is 5.69 Å². The van der Waals surface area contributed by atoms with E-state index in [0.717, 1.165) is 13.4 Å². The van der Waals surface area contributed by atoms with Crippen LogP contribution in [0.15, 0.2) is 90.7 Å². The number of rotatable bonds is 7. The highest BCUT2D eigenvalue weighted by Crippen LogP contribution is 2.47. The third-order valence-electron chi connectivity index (χ3n) is 7.18. The number of ketones is 1. The largest absolute Gasteiger partial charge is 0.496 e. The summed E-state index contributed by atoms with van der Waals surface area (Å²) < 4.78 is 14.1. The molecule has 0 fully saturated rings. The quantitative estimate of drug-likeness (QED) is 0.191. The number of carbonyl (C=O) groups excluding carboxylic acids is 1. The molecule has 0 spiro atoms. The van der Waals surface area contributed by atoms with Crippen molar-refractivity contribution >= 4 is 64.9 Å². The van der Waals surface area contributed by atoms with Crippen LogP contribution in [-0.4, -0.2) is 17.8 Å². The Bertz CT molecular complexity index is 1710. The number of allylic oxidation sites excluding steroid dienone is 3. The van der Waals surface area contributed by atoms with E-state index in [1.54, 1.807) is 30.2 Å². The molecule has 1 heterocycles. The number of halogens is 3. The number of benzene rings is 3. The molecular weight excluding hydrogens is 736 g/mol. The van der Waals surface area contributed by atoms with Crippen molar-refractivity contribution in [1.29, 1.82) is 5.26 Å². The number of nitro groups is 1. The van der Waals surface area contributed by atoms with Gasteiger partial charge >= 0.3 is 0 Å². The Kier molecular flexibility index (Phi) is 8.73. The van der Waals surface area contributed by atoms with Crippen molar-refractivity contribution in [1.82, 2.24) is 0 Å².